The van der Waals surface area contributed by atoms with Crippen molar-refractivity contribution in [2.24, 2.45) is 11.5 Å². The highest BCUT2D eigenvalue weighted by Gasteiger charge is 2.12. The van der Waals surface area contributed by atoms with Crippen molar-refractivity contribution in [2.45, 2.75) is 6.04 Å². The molecule has 0 spiro atoms. The van der Waals surface area contributed by atoms with Gasteiger partial charge in [0.15, 0.2) is 0 Å². The monoisotopic (exact) mass is 180 g/mol. The molecule has 0 fully saturated rings. The molecule has 70 valence electrons. The summed E-state index contributed by atoms with van der Waals surface area (Å²) in [6.45, 7) is -0.204. The van der Waals surface area contributed by atoms with Gasteiger partial charge in [-0.05, 0) is 11.6 Å². The van der Waals surface area contributed by atoms with Crippen molar-refractivity contribution in [1.82, 2.24) is 0 Å². The molecule has 0 aliphatic rings. The van der Waals surface area contributed by atoms with Gasteiger partial charge in [0.25, 0.3) is 0 Å². The number of aliphatic hydroxyl groups excluding tert-OH is 1. The molecule has 1 atom stereocenters. The Morgan fingerprint density at radius 2 is 2.08 bits per heavy atom. The van der Waals surface area contributed by atoms with E-state index in [2.05, 4.69) is 0 Å². The Hall–Kier alpha value is -1.39. The summed E-state index contributed by atoms with van der Waals surface area (Å²) in [6, 6.07) is 6.17. The number of benzene rings is 1. The van der Waals surface area contributed by atoms with Crippen LogP contribution in [0.4, 0.5) is 0 Å². The number of amides is 1. The van der Waals surface area contributed by atoms with Gasteiger partial charge in [-0.25, -0.2) is 0 Å². The number of hydrogen-bond donors (Lipinski definition) is 3. The van der Waals surface area contributed by atoms with Crippen LogP contribution in [0.5, 0.6) is 0 Å². The van der Waals surface area contributed by atoms with E-state index < -0.39 is 11.9 Å². The van der Waals surface area contributed by atoms with E-state index >= 15 is 0 Å². The molecular formula is C9H12N2O2. The van der Waals surface area contributed by atoms with Crippen LogP contribution in [-0.4, -0.2) is 17.6 Å². The van der Waals surface area contributed by atoms with E-state index in [1.54, 1.807) is 24.3 Å². The standard InChI is InChI=1S/C9H12N2O2/c10-8(5-12)6-3-1-2-4-7(6)9(11)13/h1-4,8,12H,5,10H2,(H2,11,13)/t8-/m0/s1. The molecule has 1 aromatic carbocycles. The molecule has 4 nitrogen and oxygen atoms in total. The second kappa shape index (κ2) is 4.02. The SMILES string of the molecule is NC(=O)c1ccccc1[C@@H](N)CO. The largest absolute Gasteiger partial charge is 0.394 e. The molecule has 1 aromatic rings. The van der Waals surface area contributed by atoms with Crippen LogP contribution in [0.3, 0.4) is 0 Å². The van der Waals surface area contributed by atoms with Crippen LogP contribution in [-0.2, 0) is 0 Å². The van der Waals surface area contributed by atoms with E-state index in [0.29, 0.717) is 11.1 Å². The van der Waals surface area contributed by atoms with Gasteiger partial charge < -0.3 is 16.6 Å². The van der Waals surface area contributed by atoms with Crippen LogP contribution in [0.25, 0.3) is 0 Å². The van der Waals surface area contributed by atoms with Crippen molar-refractivity contribution in [2.75, 3.05) is 6.61 Å². The maximum atomic E-state index is 10.9. The quantitative estimate of drug-likeness (QED) is 0.600. The Kier molecular flexibility index (Phi) is 3.00. The van der Waals surface area contributed by atoms with Crippen LogP contribution in [0.1, 0.15) is 22.0 Å². The minimum Gasteiger partial charge on any atom is -0.394 e. The molecule has 0 radical (unpaired) electrons. The first-order valence-electron chi connectivity index (χ1n) is 3.92. The van der Waals surface area contributed by atoms with Gasteiger partial charge in [0, 0.05) is 5.56 Å². The van der Waals surface area contributed by atoms with Crippen molar-refractivity contribution in [3.05, 3.63) is 35.4 Å². The van der Waals surface area contributed by atoms with Gasteiger partial charge in [-0.2, -0.15) is 0 Å². The van der Waals surface area contributed by atoms with Crippen molar-refractivity contribution in [1.29, 1.82) is 0 Å². The van der Waals surface area contributed by atoms with Crippen LogP contribution in [0.2, 0.25) is 0 Å². The summed E-state index contributed by atoms with van der Waals surface area (Å²) in [7, 11) is 0. The molecule has 0 unspecified atom stereocenters. The minimum absolute atomic E-state index is 0.204. The fourth-order valence-corrected chi connectivity index (χ4v) is 1.14. The van der Waals surface area contributed by atoms with Crippen LogP contribution < -0.4 is 11.5 Å². The summed E-state index contributed by atoms with van der Waals surface area (Å²) in [5.74, 6) is -0.528. The summed E-state index contributed by atoms with van der Waals surface area (Å²) in [5, 5.41) is 8.82. The zero-order valence-corrected chi connectivity index (χ0v) is 7.10. The average molecular weight is 180 g/mol. The Morgan fingerprint density at radius 1 is 1.46 bits per heavy atom. The smallest absolute Gasteiger partial charge is 0.249 e. The third kappa shape index (κ3) is 2.05. The van der Waals surface area contributed by atoms with Gasteiger partial charge in [0.1, 0.15) is 0 Å². The molecule has 0 bridgehead atoms. The van der Waals surface area contributed by atoms with Gasteiger partial charge in [-0.1, -0.05) is 18.2 Å². The number of rotatable bonds is 3. The van der Waals surface area contributed by atoms with Crippen molar-refractivity contribution in [3.8, 4) is 0 Å². The van der Waals surface area contributed by atoms with Crippen LogP contribution in [0.15, 0.2) is 24.3 Å². The lowest BCUT2D eigenvalue weighted by atomic mass is 10.0. The molecule has 0 saturated carbocycles. The lowest BCUT2D eigenvalue weighted by molar-refractivity contribution is 0.0998. The topological polar surface area (TPSA) is 89.3 Å². The van der Waals surface area contributed by atoms with Gasteiger partial charge >= 0.3 is 0 Å². The summed E-state index contributed by atoms with van der Waals surface area (Å²) in [4.78, 5) is 10.9. The predicted octanol–water partition coefficient (Wildman–Crippen LogP) is -0.222. The fourth-order valence-electron chi connectivity index (χ4n) is 1.14. The van der Waals surface area contributed by atoms with E-state index in [1.807, 2.05) is 0 Å². The number of hydrogen-bond acceptors (Lipinski definition) is 3. The maximum absolute atomic E-state index is 10.9. The third-order valence-corrected chi connectivity index (χ3v) is 1.82. The number of aliphatic hydroxyl groups is 1. The van der Waals surface area contributed by atoms with Crippen LogP contribution in [0, 0.1) is 0 Å². The molecule has 1 rings (SSSR count). The first-order valence-corrected chi connectivity index (χ1v) is 3.92. The number of carbonyl (C=O) groups excluding carboxylic acids is 1. The lowest BCUT2D eigenvalue weighted by Crippen LogP contribution is -2.21. The highest BCUT2D eigenvalue weighted by atomic mass is 16.3. The molecule has 0 heterocycles. The zero-order chi connectivity index (χ0) is 9.84. The van der Waals surface area contributed by atoms with Crippen LogP contribution >= 0.6 is 0 Å². The fraction of sp³-hybridized carbons (Fsp3) is 0.222. The van der Waals surface area contributed by atoms with E-state index in [9.17, 15) is 4.79 Å². The summed E-state index contributed by atoms with van der Waals surface area (Å²) in [5.41, 5.74) is 11.7. The molecule has 4 heteroatoms. The number of carbonyl (C=O) groups is 1. The van der Waals surface area contributed by atoms with Gasteiger partial charge in [0.05, 0.1) is 12.6 Å². The molecule has 5 N–H and O–H groups in total. The summed E-state index contributed by atoms with van der Waals surface area (Å²) in [6.07, 6.45) is 0. The van der Waals surface area contributed by atoms with Crippen molar-refractivity contribution in [3.63, 3.8) is 0 Å². The van der Waals surface area contributed by atoms with Gasteiger partial charge in [-0.15, -0.1) is 0 Å². The minimum atomic E-state index is -0.552. The highest BCUT2D eigenvalue weighted by molar-refractivity contribution is 5.94. The third-order valence-electron chi connectivity index (χ3n) is 1.82. The Labute approximate surface area is 76.2 Å². The second-order valence-electron chi connectivity index (χ2n) is 2.74. The number of primary amides is 1. The van der Waals surface area contributed by atoms with Gasteiger partial charge in [0.2, 0.25) is 5.91 Å². The van der Waals surface area contributed by atoms with Gasteiger partial charge in [-0.3, -0.25) is 4.79 Å². The lowest BCUT2D eigenvalue weighted by Gasteiger charge is -2.11. The molecule has 0 aliphatic carbocycles. The zero-order valence-electron chi connectivity index (χ0n) is 7.10. The maximum Gasteiger partial charge on any atom is 0.249 e. The molecule has 0 aliphatic heterocycles. The normalized spacial score (nSPS) is 12.5. The van der Waals surface area contributed by atoms with E-state index in [0.717, 1.165) is 0 Å². The Balaban J connectivity index is 3.11. The first kappa shape index (κ1) is 9.70. The first-order chi connectivity index (χ1) is 6.16. The number of nitrogens with two attached hydrogens (primary N) is 2. The summed E-state index contributed by atoms with van der Waals surface area (Å²) < 4.78 is 0. The van der Waals surface area contributed by atoms with E-state index in [4.69, 9.17) is 16.6 Å². The molecule has 1 amide bonds. The van der Waals surface area contributed by atoms with E-state index in [1.165, 1.54) is 0 Å². The predicted molar refractivity (Wildman–Crippen MR) is 49.0 cm³/mol. The van der Waals surface area contributed by atoms with Crippen molar-refractivity contribution < 1.29 is 9.90 Å². The average Bonchev–Trinajstić information content (AvgIpc) is 2.16. The molecule has 0 saturated heterocycles. The summed E-state index contributed by atoms with van der Waals surface area (Å²) >= 11 is 0. The second-order valence-corrected chi connectivity index (χ2v) is 2.74. The van der Waals surface area contributed by atoms with E-state index in [-0.39, 0.29) is 6.61 Å². The Bertz CT molecular complexity index is 312. The Morgan fingerprint density at radius 3 is 2.62 bits per heavy atom. The highest BCUT2D eigenvalue weighted by Crippen LogP contribution is 2.14. The molecule has 13 heavy (non-hydrogen) atoms. The van der Waals surface area contributed by atoms with Crippen molar-refractivity contribution >= 4 is 5.91 Å². The molecular weight excluding hydrogens is 168 g/mol. The molecule has 0 aromatic heterocycles.